The van der Waals surface area contributed by atoms with Crippen LogP contribution in [-0.2, 0) is 0 Å². The molecule has 1 aliphatic heterocycles. The number of amides is 1. The van der Waals surface area contributed by atoms with E-state index in [1.165, 1.54) is 6.33 Å². The average Bonchev–Trinajstić information content (AvgIpc) is 3.40. The number of hydrogen-bond donors (Lipinski definition) is 0. The van der Waals surface area contributed by atoms with Crippen LogP contribution in [0.3, 0.4) is 0 Å². The maximum Gasteiger partial charge on any atom is 0.261 e. The number of rotatable bonds is 2. The van der Waals surface area contributed by atoms with Crippen molar-refractivity contribution >= 4 is 17.4 Å². The fourth-order valence-corrected chi connectivity index (χ4v) is 4.07. The lowest BCUT2D eigenvalue weighted by Crippen LogP contribution is -2.31. The van der Waals surface area contributed by atoms with E-state index in [9.17, 15) is 9.59 Å². The highest BCUT2D eigenvalue weighted by Crippen LogP contribution is 2.46. The van der Waals surface area contributed by atoms with Crippen molar-refractivity contribution in [3.05, 3.63) is 53.1 Å². The molecule has 1 saturated carbocycles. The molecular formula is C19H17N3O2. The third-order valence-corrected chi connectivity index (χ3v) is 5.39. The van der Waals surface area contributed by atoms with Crippen LogP contribution in [0, 0.1) is 0 Å². The minimum Gasteiger partial charge on any atom is -0.307 e. The van der Waals surface area contributed by atoms with Gasteiger partial charge in [0.05, 0.1) is 11.3 Å². The van der Waals surface area contributed by atoms with E-state index in [1.807, 2.05) is 23.1 Å². The van der Waals surface area contributed by atoms with Gasteiger partial charge in [-0.1, -0.05) is 12.1 Å². The monoisotopic (exact) mass is 319 g/mol. The van der Waals surface area contributed by atoms with E-state index in [4.69, 9.17) is 0 Å². The van der Waals surface area contributed by atoms with E-state index < -0.39 is 0 Å². The summed E-state index contributed by atoms with van der Waals surface area (Å²) in [6, 6.07) is 5.72. The van der Waals surface area contributed by atoms with Gasteiger partial charge in [-0.3, -0.25) is 9.59 Å². The third-order valence-electron chi connectivity index (χ3n) is 5.39. The molecule has 1 aromatic heterocycles. The molecule has 1 aromatic carbocycles. The molecular weight excluding hydrogens is 302 g/mol. The molecule has 1 amide bonds. The molecule has 2 heterocycles. The van der Waals surface area contributed by atoms with E-state index in [1.54, 1.807) is 6.20 Å². The molecule has 24 heavy (non-hydrogen) atoms. The van der Waals surface area contributed by atoms with Crippen LogP contribution in [0.15, 0.2) is 30.7 Å². The Balaban J connectivity index is 1.58. The highest BCUT2D eigenvalue weighted by Gasteiger charge is 2.40. The average molecular weight is 319 g/mol. The summed E-state index contributed by atoms with van der Waals surface area (Å²) in [5, 5.41) is 0. The van der Waals surface area contributed by atoms with E-state index in [0.29, 0.717) is 24.4 Å². The highest BCUT2D eigenvalue weighted by molar-refractivity contribution is 6.10. The second kappa shape index (κ2) is 4.97. The van der Waals surface area contributed by atoms with E-state index >= 15 is 0 Å². The van der Waals surface area contributed by atoms with Crippen molar-refractivity contribution in [1.82, 2.24) is 9.97 Å². The topological polar surface area (TPSA) is 63.2 Å². The number of hydrogen-bond acceptors (Lipinski definition) is 4. The van der Waals surface area contributed by atoms with Crippen LogP contribution in [-0.4, -0.2) is 28.2 Å². The molecule has 5 nitrogen and oxygen atoms in total. The molecule has 3 aliphatic rings. The highest BCUT2D eigenvalue weighted by atomic mass is 16.2. The maximum absolute atomic E-state index is 13.2. The summed E-state index contributed by atoms with van der Waals surface area (Å²) in [7, 11) is 0. The molecule has 0 unspecified atom stereocenters. The molecule has 2 aromatic rings. The zero-order valence-electron chi connectivity index (χ0n) is 13.2. The molecule has 0 saturated heterocycles. The summed E-state index contributed by atoms with van der Waals surface area (Å²) in [5.41, 5.74) is 4.24. The predicted molar refractivity (Wildman–Crippen MR) is 88.4 cm³/mol. The lowest BCUT2D eigenvalue weighted by atomic mass is 9.83. The van der Waals surface area contributed by atoms with Gasteiger partial charge in [0.1, 0.15) is 6.33 Å². The fraction of sp³-hybridized carbons (Fsp3) is 0.368. The normalized spacial score (nSPS) is 21.8. The Morgan fingerprint density at radius 3 is 2.88 bits per heavy atom. The second-order valence-electron chi connectivity index (χ2n) is 6.91. The van der Waals surface area contributed by atoms with Crippen LogP contribution in [0.25, 0.3) is 0 Å². The minimum absolute atomic E-state index is 0.0345. The molecule has 1 atom stereocenters. The standard InChI is InChI=1S/C19H17N3O2/c23-16-7-6-12-9-22(15-3-1-2-13(16)17(12)15)19(24)14-8-20-10-21-18(14)11-4-5-11/h1-3,8,10-12H,4-7,9H2/t12-/m1/s1. The van der Waals surface area contributed by atoms with Gasteiger partial charge in [-0.15, -0.1) is 0 Å². The van der Waals surface area contributed by atoms with Crippen molar-refractivity contribution in [3.8, 4) is 0 Å². The summed E-state index contributed by atoms with van der Waals surface area (Å²) in [6.07, 6.45) is 6.75. The molecule has 2 aliphatic carbocycles. The molecule has 1 fully saturated rings. The van der Waals surface area contributed by atoms with Crippen LogP contribution in [0.2, 0.25) is 0 Å². The van der Waals surface area contributed by atoms with Crippen LogP contribution < -0.4 is 4.90 Å². The molecule has 120 valence electrons. The summed E-state index contributed by atoms with van der Waals surface area (Å²) >= 11 is 0. The number of carbonyl (C=O) groups is 2. The van der Waals surface area contributed by atoms with Crippen molar-refractivity contribution in [3.63, 3.8) is 0 Å². The first-order valence-electron chi connectivity index (χ1n) is 8.52. The fourth-order valence-electron chi connectivity index (χ4n) is 4.07. The number of carbonyl (C=O) groups excluding carboxylic acids is 2. The maximum atomic E-state index is 13.2. The van der Waals surface area contributed by atoms with Gasteiger partial charge in [0, 0.05) is 42.2 Å². The van der Waals surface area contributed by atoms with Crippen molar-refractivity contribution in [2.75, 3.05) is 11.4 Å². The van der Waals surface area contributed by atoms with Gasteiger partial charge in [-0.2, -0.15) is 0 Å². The summed E-state index contributed by atoms with van der Waals surface area (Å²) in [6.45, 7) is 0.650. The smallest absolute Gasteiger partial charge is 0.261 e. The lowest BCUT2D eigenvalue weighted by molar-refractivity contribution is 0.0968. The summed E-state index contributed by atoms with van der Waals surface area (Å²) in [5.74, 6) is 0.826. The van der Waals surface area contributed by atoms with E-state index in [-0.39, 0.29) is 17.6 Å². The first kappa shape index (κ1) is 13.8. The van der Waals surface area contributed by atoms with Gasteiger partial charge in [0.15, 0.2) is 5.78 Å². The van der Waals surface area contributed by atoms with Gasteiger partial charge in [0.2, 0.25) is 0 Å². The Morgan fingerprint density at radius 2 is 2.04 bits per heavy atom. The number of anilines is 1. The number of nitrogens with zero attached hydrogens (tertiary/aromatic N) is 3. The Morgan fingerprint density at radius 1 is 1.17 bits per heavy atom. The summed E-state index contributed by atoms with van der Waals surface area (Å²) in [4.78, 5) is 35.6. The SMILES string of the molecule is O=C1CC[C@@H]2CN(C(=O)c3cncnc3C3CC3)c3cccc1c32. The van der Waals surface area contributed by atoms with Crippen molar-refractivity contribution in [2.45, 2.75) is 37.5 Å². The van der Waals surface area contributed by atoms with E-state index in [0.717, 1.165) is 41.8 Å². The molecule has 0 N–H and O–H groups in total. The van der Waals surface area contributed by atoms with Crippen LogP contribution >= 0.6 is 0 Å². The third kappa shape index (κ3) is 1.94. The number of Topliss-reactive ketones (excluding diaryl/α,β-unsaturated/α-hetero) is 1. The van der Waals surface area contributed by atoms with Gasteiger partial charge in [0.25, 0.3) is 5.91 Å². The minimum atomic E-state index is -0.0345. The number of ketones is 1. The predicted octanol–water partition coefficient (Wildman–Crippen LogP) is 3.07. The molecule has 0 radical (unpaired) electrons. The lowest BCUT2D eigenvalue weighted by Gasteiger charge is -2.19. The summed E-state index contributed by atoms with van der Waals surface area (Å²) < 4.78 is 0. The largest absolute Gasteiger partial charge is 0.307 e. The van der Waals surface area contributed by atoms with Gasteiger partial charge < -0.3 is 4.90 Å². The Bertz CT molecular complexity index is 873. The Hall–Kier alpha value is -2.56. The number of benzene rings is 1. The first-order chi connectivity index (χ1) is 11.7. The quantitative estimate of drug-likeness (QED) is 0.853. The van der Waals surface area contributed by atoms with Crippen molar-refractivity contribution in [1.29, 1.82) is 0 Å². The van der Waals surface area contributed by atoms with Crippen molar-refractivity contribution < 1.29 is 9.59 Å². The van der Waals surface area contributed by atoms with Crippen LogP contribution in [0.4, 0.5) is 5.69 Å². The Kier molecular flexibility index (Phi) is 2.86. The molecule has 0 bridgehead atoms. The number of aromatic nitrogens is 2. The second-order valence-corrected chi connectivity index (χ2v) is 6.91. The van der Waals surface area contributed by atoms with Crippen LogP contribution in [0.1, 0.15) is 69.5 Å². The Labute approximate surface area is 139 Å². The van der Waals surface area contributed by atoms with Gasteiger partial charge in [-0.05, 0) is 30.9 Å². The zero-order chi connectivity index (χ0) is 16.3. The molecule has 5 heteroatoms. The molecule has 0 spiro atoms. The zero-order valence-corrected chi connectivity index (χ0v) is 13.2. The first-order valence-corrected chi connectivity index (χ1v) is 8.52. The van der Waals surface area contributed by atoms with E-state index in [2.05, 4.69) is 9.97 Å². The van der Waals surface area contributed by atoms with Crippen molar-refractivity contribution in [2.24, 2.45) is 0 Å². The van der Waals surface area contributed by atoms with Gasteiger partial charge in [-0.25, -0.2) is 9.97 Å². The molecule has 5 rings (SSSR count). The van der Waals surface area contributed by atoms with Crippen LogP contribution in [0.5, 0.6) is 0 Å². The van der Waals surface area contributed by atoms with Gasteiger partial charge >= 0.3 is 0 Å².